The molecule has 0 radical (unpaired) electrons. The zero-order valence-corrected chi connectivity index (χ0v) is 16.6. The van der Waals surface area contributed by atoms with Crippen molar-refractivity contribution in [2.45, 2.75) is 34.4 Å². The third-order valence-electron chi connectivity index (χ3n) is 4.48. The third kappa shape index (κ3) is 5.30. The molecular weight excluding hydrogens is 406 g/mol. The number of piperidine rings is 1. The molecule has 2 aromatic rings. The van der Waals surface area contributed by atoms with Crippen LogP contribution in [0, 0.1) is 0 Å². The number of halogens is 2. The van der Waals surface area contributed by atoms with E-state index in [9.17, 15) is 22.0 Å². The van der Waals surface area contributed by atoms with E-state index < -0.39 is 15.8 Å². The molecular formula is C19H20F2N2O3S2. The number of nitrogens with zero attached hydrogens (tertiary/aromatic N) is 1. The lowest BCUT2D eigenvalue weighted by molar-refractivity contribution is 0.0711. The molecule has 1 aliphatic heterocycles. The molecule has 1 N–H and O–H groups in total. The lowest BCUT2D eigenvalue weighted by Gasteiger charge is -2.32. The van der Waals surface area contributed by atoms with Gasteiger partial charge in [0.05, 0.1) is 4.90 Å². The highest BCUT2D eigenvalue weighted by molar-refractivity contribution is 7.99. The minimum atomic E-state index is -3.58. The SMILES string of the molecule is O=C(c1ccc(SC(F)F)cc1)N1CCC(NS(=O)(=O)c2ccccc2)CC1. The molecule has 0 saturated carbocycles. The molecule has 0 aliphatic carbocycles. The fourth-order valence-corrected chi connectivity index (χ4v) is 4.87. The third-order valence-corrected chi connectivity index (χ3v) is 6.74. The zero-order valence-electron chi connectivity index (χ0n) is 14.9. The first kappa shape index (κ1) is 20.8. The van der Waals surface area contributed by atoms with Gasteiger partial charge < -0.3 is 4.90 Å². The second-order valence-corrected chi connectivity index (χ2v) is 9.18. The van der Waals surface area contributed by atoms with Crippen LogP contribution in [0.1, 0.15) is 23.2 Å². The maximum atomic E-state index is 12.6. The van der Waals surface area contributed by atoms with Gasteiger partial charge in [-0.15, -0.1) is 0 Å². The number of sulfonamides is 1. The van der Waals surface area contributed by atoms with E-state index in [-0.39, 0.29) is 16.8 Å². The molecule has 1 saturated heterocycles. The van der Waals surface area contributed by atoms with Crippen LogP contribution in [0.25, 0.3) is 0 Å². The number of nitrogens with one attached hydrogen (secondary N) is 1. The average Bonchev–Trinajstić information content (AvgIpc) is 2.69. The van der Waals surface area contributed by atoms with Crippen molar-refractivity contribution in [3.8, 4) is 0 Å². The summed E-state index contributed by atoms with van der Waals surface area (Å²) in [5.74, 6) is -2.68. The first-order chi connectivity index (χ1) is 13.3. The summed E-state index contributed by atoms with van der Waals surface area (Å²) in [4.78, 5) is 14.9. The molecule has 0 spiro atoms. The molecule has 3 rings (SSSR count). The van der Waals surface area contributed by atoms with Crippen LogP contribution in [0.2, 0.25) is 0 Å². The Hall–Kier alpha value is -1.97. The van der Waals surface area contributed by atoms with Gasteiger partial charge in [0.15, 0.2) is 0 Å². The molecule has 28 heavy (non-hydrogen) atoms. The second kappa shape index (κ2) is 9.02. The van der Waals surface area contributed by atoms with E-state index in [4.69, 9.17) is 0 Å². The Morgan fingerprint density at radius 3 is 2.21 bits per heavy atom. The highest BCUT2D eigenvalue weighted by Crippen LogP contribution is 2.25. The van der Waals surface area contributed by atoms with Crippen LogP contribution in [-0.4, -0.2) is 44.1 Å². The smallest absolute Gasteiger partial charge is 0.288 e. The van der Waals surface area contributed by atoms with Gasteiger partial charge >= 0.3 is 0 Å². The Morgan fingerprint density at radius 2 is 1.64 bits per heavy atom. The van der Waals surface area contributed by atoms with E-state index in [2.05, 4.69) is 4.72 Å². The quantitative estimate of drug-likeness (QED) is 0.717. The summed E-state index contributed by atoms with van der Waals surface area (Å²) in [7, 11) is -3.58. The number of carbonyl (C=O) groups is 1. The normalized spacial score (nSPS) is 15.8. The van der Waals surface area contributed by atoms with Crippen molar-refractivity contribution in [1.29, 1.82) is 0 Å². The molecule has 0 bridgehead atoms. The predicted molar refractivity (Wildman–Crippen MR) is 104 cm³/mol. The monoisotopic (exact) mass is 426 g/mol. The number of benzene rings is 2. The summed E-state index contributed by atoms with van der Waals surface area (Å²) in [6.07, 6.45) is 1.02. The fraction of sp³-hybridized carbons (Fsp3) is 0.316. The van der Waals surface area contributed by atoms with Crippen molar-refractivity contribution in [2.24, 2.45) is 0 Å². The molecule has 150 valence electrons. The fourth-order valence-electron chi connectivity index (χ4n) is 3.05. The first-order valence-electron chi connectivity index (χ1n) is 8.77. The Balaban J connectivity index is 1.55. The summed E-state index contributed by atoms with van der Waals surface area (Å²) in [5, 5.41) is 0. The summed E-state index contributed by atoms with van der Waals surface area (Å²) in [6, 6.07) is 14.0. The maximum absolute atomic E-state index is 12.6. The van der Waals surface area contributed by atoms with Crippen molar-refractivity contribution in [2.75, 3.05) is 13.1 Å². The number of thioether (sulfide) groups is 1. The van der Waals surface area contributed by atoms with Crippen molar-refractivity contribution < 1.29 is 22.0 Å². The number of amides is 1. The second-order valence-electron chi connectivity index (χ2n) is 6.40. The number of likely N-dealkylation sites (tertiary alicyclic amines) is 1. The zero-order chi connectivity index (χ0) is 20.1. The average molecular weight is 427 g/mol. The van der Waals surface area contributed by atoms with Gasteiger partial charge in [-0.3, -0.25) is 4.79 Å². The van der Waals surface area contributed by atoms with Crippen LogP contribution in [0.5, 0.6) is 0 Å². The molecule has 0 unspecified atom stereocenters. The van der Waals surface area contributed by atoms with Gasteiger partial charge in [-0.25, -0.2) is 13.1 Å². The van der Waals surface area contributed by atoms with Crippen LogP contribution in [0.4, 0.5) is 8.78 Å². The predicted octanol–water partition coefficient (Wildman–Crippen LogP) is 3.58. The molecule has 9 heteroatoms. The van der Waals surface area contributed by atoms with E-state index in [1.165, 1.54) is 36.4 Å². The topological polar surface area (TPSA) is 66.5 Å². The van der Waals surface area contributed by atoms with Crippen LogP contribution < -0.4 is 4.72 Å². The van der Waals surface area contributed by atoms with Crippen LogP contribution >= 0.6 is 11.8 Å². The standard InChI is InChI=1S/C19H20F2N2O3S2/c20-19(21)27-16-8-6-14(7-9-16)18(24)23-12-10-15(11-13-23)22-28(25,26)17-4-2-1-3-5-17/h1-9,15,19,22H,10-13H2. The van der Waals surface area contributed by atoms with Gasteiger partial charge in [-0.2, -0.15) is 8.78 Å². The highest BCUT2D eigenvalue weighted by atomic mass is 32.2. The highest BCUT2D eigenvalue weighted by Gasteiger charge is 2.27. The number of alkyl halides is 2. The van der Waals surface area contributed by atoms with E-state index in [1.54, 1.807) is 23.1 Å². The summed E-state index contributed by atoms with van der Waals surface area (Å²) in [5.41, 5.74) is 0.432. The summed E-state index contributed by atoms with van der Waals surface area (Å²) >= 11 is 0.435. The Morgan fingerprint density at radius 1 is 1.04 bits per heavy atom. The molecule has 1 fully saturated rings. The maximum Gasteiger partial charge on any atom is 0.288 e. The molecule has 2 aromatic carbocycles. The van der Waals surface area contributed by atoms with Gasteiger partial charge in [0.1, 0.15) is 0 Å². The Labute approximate surface area is 167 Å². The van der Waals surface area contributed by atoms with Gasteiger partial charge in [0.2, 0.25) is 10.0 Å². The molecule has 0 aromatic heterocycles. The Kier molecular flexibility index (Phi) is 6.69. The van der Waals surface area contributed by atoms with Crippen LogP contribution in [-0.2, 0) is 10.0 Å². The van der Waals surface area contributed by atoms with Crippen LogP contribution in [0.3, 0.4) is 0 Å². The van der Waals surface area contributed by atoms with Gasteiger partial charge in [0, 0.05) is 29.6 Å². The van der Waals surface area contributed by atoms with E-state index >= 15 is 0 Å². The van der Waals surface area contributed by atoms with Crippen molar-refractivity contribution in [1.82, 2.24) is 9.62 Å². The van der Waals surface area contributed by atoms with E-state index in [0.29, 0.717) is 48.2 Å². The van der Waals surface area contributed by atoms with Crippen molar-refractivity contribution in [3.63, 3.8) is 0 Å². The molecule has 1 heterocycles. The number of hydrogen-bond donors (Lipinski definition) is 1. The number of rotatable bonds is 6. The van der Waals surface area contributed by atoms with Gasteiger partial charge in [-0.05, 0) is 49.2 Å². The molecule has 5 nitrogen and oxygen atoms in total. The van der Waals surface area contributed by atoms with Crippen LogP contribution in [0.15, 0.2) is 64.4 Å². The minimum Gasteiger partial charge on any atom is -0.339 e. The summed E-state index contributed by atoms with van der Waals surface area (Å²) in [6.45, 7) is 0.850. The van der Waals surface area contributed by atoms with Crippen molar-refractivity contribution in [3.05, 3.63) is 60.2 Å². The largest absolute Gasteiger partial charge is 0.339 e. The summed E-state index contributed by atoms with van der Waals surface area (Å²) < 4.78 is 52.2. The molecule has 1 aliphatic rings. The van der Waals surface area contributed by atoms with E-state index in [1.807, 2.05) is 0 Å². The number of carbonyl (C=O) groups excluding carboxylic acids is 1. The minimum absolute atomic E-state index is 0.182. The lowest BCUT2D eigenvalue weighted by Crippen LogP contribution is -2.46. The van der Waals surface area contributed by atoms with Gasteiger partial charge in [-0.1, -0.05) is 30.0 Å². The lowest BCUT2D eigenvalue weighted by atomic mass is 10.0. The van der Waals surface area contributed by atoms with E-state index in [0.717, 1.165) is 0 Å². The molecule has 1 amide bonds. The first-order valence-corrected chi connectivity index (χ1v) is 11.1. The van der Waals surface area contributed by atoms with Crippen molar-refractivity contribution >= 4 is 27.7 Å². The Bertz CT molecular complexity index is 899. The molecule has 0 atom stereocenters. The van der Waals surface area contributed by atoms with Gasteiger partial charge in [0.25, 0.3) is 11.7 Å². The number of hydrogen-bond acceptors (Lipinski definition) is 4.